The lowest BCUT2D eigenvalue weighted by molar-refractivity contribution is -0.533. The van der Waals surface area contributed by atoms with Crippen molar-refractivity contribution in [3.8, 4) is 0 Å². The summed E-state index contributed by atoms with van der Waals surface area (Å²) in [5.41, 5.74) is 2.37. The van der Waals surface area contributed by atoms with E-state index in [4.69, 9.17) is 0 Å². The zero-order valence-corrected chi connectivity index (χ0v) is 15.8. The van der Waals surface area contributed by atoms with Crippen molar-refractivity contribution >= 4 is 16.3 Å². The first kappa shape index (κ1) is 19.1. The Morgan fingerprint density at radius 1 is 1.21 bits per heavy atom. The summed E-state index contributed by atoms with van der Waals surface area (Å²) in [4.78, 5) is 0. The SMILES string of the molecule is CCCCCCC(C[N+]1=Cc2ccccc2C(C)(C)C1)S(=O)(=O)O. The summed E-state index contributed by atoms with van der Waals surface area (Å²) in [7, 11) is -4.03. The van der Waals surface area contributed by atoms with Crippen LogP contribution in [0.2, 0.25) is 0 Å². The number of unbranched alkanes of at least 4 members (excludes halogenated alkanes) is 3. The molecule has 0 bridgehead atoms. The second kappa shape index (κ2) is 7.79. The average Bonchev–Trinajstić information content (AvgIpc) is 2.49. The maximum absolute atomic E-state index is 11.8. The molecule has 0 fully saturated rings. The Morgan fingerprint density at radius 2 is 1.92 bits per heavy atom. The zero-order valence-electron chi connectivity index (χ0n) is 15.0. The normalized spacial score (nSPS) is 17.9. The van der Waals surface area contributed by atoms with Crippen LogP contribution in [-0.4, -0.2) is 42.1 Å². The highest BCUT2D eigenvalue weighted by atomic mass is 32.2. The van der Waals surface area contributed by atoms with Crippen molar-refractivity contribution in [3.05, 3.63) is 35.4 Å². The monoisotopic (exact) mass is 352 g/mol. The average molecular weight is 353 g/mol. The number of hydrogen-bond acceptors (Lipinski definition) is 2. The molecule has 0 amide bonds. The second-order valence-corrected chi connectivity index (χ2v) is 9.21. The molecule has 5 heteroatoms. The van der Waals surface area contributed by atoms with Gasteiger partial charge in [-0.2, -0.15) is 8.42 Å². The van der Waals surface area contributed by atoms with Crippen molar-refractivity contribution in [2.75, 3.05) is 13.1 Å². The molecule has 0 spiro atoms. The van der Waals surface area contributed by atoms with Crippen LogP contribution in [0.3, 0.4) is 0 Å². The van der Waals surface area contributed by atoms with Gasteiger partial charge in [-0.05, 0) is 31.9 Å². The van der Waals surface area contributed by atoms with Gasteiger partial charge < -0.3 is 0 Å². The lowest BCUT2D eigenvalue weighted by atomic mass is 9.80. The number of rotatable bonds is 8. The van der Waals surface area contributed by atoms with Crippen LogP contribution in [0.1, 0.15) is 64.0 Å². The van der Waals surface area contributed by atoms with E-state index >= 15 is 0 Å². The smallest absolute Gasteiger partial charge is 0.274 e. The topological polar surface area (TPSA) is 57.4 Å². The van der Waals surface area contributed by atoms with Crippen LogP contribution in [0.4, 0.5) is 0 Å². The van der Waals surface area contributed by atoms with Crippen LogP contribution >= 0.6 is 0 Å². The molecule has 0 saturated heterocycles. The molecule has 1 aliphatic rings. The highest BCUT2D eigenvalue weighted by molar-refractivity contribution is 7.86. The maximum Gasteiger partial charge on any atom is 0.274 e. The first-order valence-electron chi connectivity index (χ1n) is 8.89. The number of nitrogens with zero attached hydrogens (tertiary/aromatic N) is 1. The van der Waals surface area contributed by atoms with Crippen molar-refractivity contribution < 1.29 is 17.5 Å². The van der Waals surface area contributed by atoms with Crippen molar-refractivity contribution in [1.82, 2.24) is 0 Å². The molecule has 4 nitrogen and oxygen atoms in total. The summed E-state index contributed by atoms with van der Waals surface area (Å²) in [6, 6.07) is 8.24. The Morgan fingerprint density at radius 3 is 2.58 bits per heavy atom. The van der Waals surface area contributed by atoms with Gasteiger partial charge in [0.15, 0.2) is 19.3 Å². The predicted octanol–water partition coefficient (Wildman–Crippen LogP) is 3.64. The molecule has 0 aliphatic carbocycles. The molecule has 0 aromatic heterocycles. The molecule has 24 heavy (non-hydrogen) atoms. The molecule has 1 aliphatic heterocycles. The minimum atomic E-state index is -4.03. The summed E-state index contributed by atoms with van der Waals surface area (Å²) in [5.74, 6) is 0. The third-order valence-corrected chi connectivity index (χ3v) is 6.08. The van der Waals surface area contributed by atoms with E-state index in [2.05, 4.69) is 37.5 Å². The van der Waals surface area contributed by atoms with Crippen LogP contribution in [0.25, 0.3) is 0 Å². The standard InChI is InChI=1S/C19H29NO3S/c1-4-5-6-7-11-17(24(21,22)23)14-20-13-16-10-8-9-12-18(16)19(2,3)15-20/h8-10,12-13,17H,4-7,11,14-15H2,1-3H3/p+1. The Balaban J connectivity index is 2.16. The summed E-state index contributed by atoms with van der Waals surface area (Å²) >= 11 is 0. The largest absolute Gasteiger partial charge is 0.285 e. The van der Waals surface area contributed by atoms with Crippen LogP contribution in [-0.2, 0) is 15.5 Å². The van der Waals surface area contributed by atoms with Gasteiger partial charge in [0.05, 0.1) is 0 Å². The van der Waals surface area contributed by atoms with E-state index in [1.54, 1.807) is 0 Å². The summed E-state index contributed by atoms with van der Waals surface area (Å²) in [6.45, 7) is 7.58. The van der Waals surface area contributed by atoms with Gasteiger partial charge in [-0.3, -0.25) is 4.55 Å². The Bertz CT molecular complexity index is 692. The first-order valence-corrected chi connectivity index (χ1v) is 10.4. The van der Waals surface area contributed by atoms with Gasteiger partial charge >= 0.3 is 0 Å². The number of fused-ring (bicyclic) bond motifs is 1. The zero-order chi connectivity index (χ0) is 17.8. The molecule has 0 saturated carbocycles. The van der Waals surface area contributed by atoms with E-state index in [0.29, 0.717) is 13.0 Å². The van der Waals surface area contributed by atoms with Gasteiger partial charge in [0.2, 0.25) is 0 Å². The Kier molecular flexibility index (Phi) is 6.21. The molecule has 1 heterocycles. The lowest BCUT2D eigenvalue weighted by Crippen LogP contribution is -2.41. The third kappa shape index (κ3) is 4.90. The molecule has 1 aromatic rings. The maximum atomic E-state index is 11.8. The van der Waals surface area contributed by atoms with E-state index in [-0.39, 0.29) is 5.41 Å². The van der Waals surface area contributed by atoms with Crippen molar-refractivity contribution in [2.45, 2.75) is 63.5 Å². The molecule has 1 unspecified atom stereocenters. The highest BCUT2D eigenvalue weighted by Crippen LogP contribution is 2.29. The summed E-state index contributed by atoms with van der Waals surface area (Å²) in [6.07, 6.45) is 6.62. The van der Waals surface area contributed by atoms with E-state index in [1.165, 1.54) is 5.56 Å². The summed E-state index contributed by atoms with van der Waals surface area (Å²) in [5, 5.41) is -0.716. The summed E-state index contributed by atoms with van der Waals surface area (Å²) < 4.78 is 35.3. The Labute approximate surface area is 146 Å². The molecule has 1 N–H and O–H groups in total. The van der Waals surface area contributed by atoms with E-state index in [1.807, 2.05) is 18.3 Å². The van der Waals surface area contributed by atoms with Gasteiger partial charge in [-0.25, -0.2) is 4.58 Å². The van der Waals surface area contributed by atoms with Crippen LogP contribution in [0.5, 0.6) is 0 Å². The second-order valence-electron chi connectivity index (χ2n) is 7.52. The van der Waals surface area contributed by atoms with E-state index < -0.39 is 15.4 Å². The molecule has 1 aromatic carbocycles. The molecule has 0 radical (unpaired) electrons. The fraction of sp³-hybridized carbons (Fsp3) is 0.632. The van der Waals surface area contributed by atoms with Gasteiger partial charge in [0, 0.05) is 11.0 Å². The van der Waals surface area contributed by atoms with Crippen molar-refractivity contribution in [1.29, 1.82) is 0 Å². The van der Waals surface area contributed by atoms with Gasteiger partial charge in [0.1, 0.15) is 5.25 Å². The third-order valence-electron chi connectivity index (χ3n) is 4.85. The molecular weight excluding hydrogens is 322 g/mol. The molecular formula is C19H30NO3S+. The van der Waals surface area contributed by atoms with Gasteiger partial charge in [-0.15, -0.1) is 0 Å². The highest BCUT2D eigenvalue weighted by Gasteiger charge is 2.36. The number of benzene rings is 1. The fourth-order valence-corrected chi connectivity index (χ4v) is 4.42. The predicted molar refractivity (Wildman–Crippen MR) is 98.7 cm³/mol. The van der Waals surface area contributed by atoms with Crippen molar-refractivity contribution in [2.24, 2.45) is 0 Å². The van der Waals surface area contributed by atoms with Crippen LogP contribution in [0, 0.1) is 0 Å². The lowest BCUT2D eigenvalue weighted by Gasteiger charge is -2.29. The first-order chi connectivity index (χ1) is 11.2. The van der Waals surface area contributed by atoms with Gasteiger partial charge in [-0.1, -0.05) is 50.8 Å². The van der Waals surface area contributed by atoms with E-state index in [0.717, 1.165) is 37.8 Å². The molecule has 1 atom stereocenters. The molecule has 134 valence electrons. The molecule has 2 rings (SSSR count). The van der Waals surface area contributed by atoms with Crippen LogP contribution < -0.4 is 0 Å². The van der Waals surface area contributed by atoms with Crippen molar-refractivity contribution in [3.63, 3.8) is 0 Å². The fourth-order valence-electron chi connectivity index (χ4n) is 3.57. The van der Waals surface area contributed by atoms with Crippen LogP contribution in [0.15, 0.2) is 24.3 Å². The minimum absolute atomic E-state index is 0.0443. The number of hydrogen-bond donors (Lipinski definition) is 1. The minimum Gasteiger partial charge on any atom is -0.285 e. The quantitative estimate of drug-likeness (QED) is 0.441. The van der Waals surface area contributed by atoms with E-state index in [9.17, 15) is 13.0 Å². The van der Waals surface area contributed by atoms with Gasteiger partial charge in [0.25, 0.3) is 10.1 Å². The Hall–Kier alpha value is -1.20.